The van der Waals surface area contributed by atoms with Crippen LogP contribution >= 0.6 is 0 Å². The molecule has 0 bridgehead atoms. The quantitative estimate of drug-likeness (QED) is 0.665. The summed E-state index contributed by atoms with van der Waals surface area (Å²) in [6.07, 6.45) is 1.12. The van der Waals surface area contributed by atoms with Crippen LogP contribution in [0, 0.1) is 5.92 Å². The van der Waals surface area contributed by atoms with Crippen LogP contribution in [-0.2, 0) is 11.8 Å². The molecule has 5 heteroatoms. The molecule has 140 valence electrons. The van der Waals surface area contributed by atoms with Crippen molar-refractivity contribution < 1.29 is 9.53 Å². The molecule has 0 saturated carbocycles. The van der Waals surface area contributed by atoms with Gasteiger partial charge < -0.3 is 4.74 Å². The molecule has 1 amide bonds. The second-order valence-corrected chi connectivity index (χ2v) is 6.95. The molecule has 1 heterocycles. The van der Waals surface area contributed by atoms with Crippen LogP contribution in [0.4, 0.5) is 10.6 Å². The van der Waals surface area contributed by atoms with Crippen molar-refractivity contribution in [3.8, 4) is 22.3 Å². The maximum Gasteiger partial charge on any atom is 0.413 e. The molecule has 0 aliphatic carbocycles. The summed E-state index contributed by atoms with van der Waals surface area (Å²) in [6, 6.07) is 18.4. The number of aromatic nitrogens is 2. The van der Waals surface area contributed by atoms with Gasteiger partial charge in [-0.1, -0.05) is 68.4 Å². The van der Waals surface area contributed by atoms with Crippen molar-refractivity contribution in [1.29, 1.82) is 0 Å². The van der Waals surface area contributed by atoms with Crippen LogP contribution in [0.25, 0.3) is 22.3 Å². The van der Waals surface area contributed by atoms with Gasteiger partial charge in [0.05, 0.1) is 6.20 Å². The van der Waals surface area contributed by atoms with Crippen molar-refractivity contribution in [3.05, 3.63) is 60.8 Å². The number of nitrogens with one attached hydrogen (secondary N) is 1. The summed E-state index contributed by atoms with van der Waals surface area (Å²) in [5.74, 6) is 0.871. The minimum atomic E-state index is -0.470. The Morgan fingerprint density at radius 3 is 2.19 bits per heavy atom. The van der Waals surface area contributed by atoms with E-state index in [0.717, 1.165) is 16.7 Å². The predicted molar refractivity (Wildman–Crippen MR) is 108 cm³/mol. The normalized spacial score (nSPS) is 12.0. The Morgan fingerprint density at radius 2 is 1.56 bits per heavy atom. The molecule has 1 unspecified atom stereocenters. The van der Waals surface area contributed by atoms with Crippen molar-refractivity contribution >= 4 is 11.9 Å². The maximum absolute atomic E-state index is 12.2. The van der Waals surface area contributed by atoms with Crippen molar-refractivity contribution in [1.82, 2.24) is 9.78 Å². The number of hydrogen-bond donors (Lipinski definition) is 1. The molecular formula is C22H25N3O2. The Kier molecular flexibility index (Phi) is 5.60. The monoisotopic (exact) mass is 363 g/mol. The topological polar surface area (TPSA) is 56.1 Å². The largest absolute Gasteiger partial charge is 0.446 e. The SMILES string of the molecule is CC(C)C(C)OC(=O)Nc1c(-c2ccc(-c3ccccc3)cc2)cnn1C. The summed E-state index contributed by atoms with van der Waals surface area (Å²) in [7, 11) is 1.79. The van der Waals surface area contributed by atoms with Gasteiger partial charge in [0.25, 0.3) is 0 Å². The van der Waals surface area contributed by atoms with Crippen molar-refractivity contribution in [2.45, 2.75) is 26.9 Å². The summed E-state index contributed by atoms with van der Waals surface area (Å²) in [5.41, 5.74) is 4.14. The molecule has 27 heavy (non-hydrogen) atoms. The molecule has 1 aromatic heterocycles. The van der Waals surface area contributed by atoms with Crippen LogP contribution < -0.4 is 5.32 Å². The van der Waals surface area contributed by atoms with Gasteiger partial charge in [-0.3, -0.25) is 10.00 Å². The van der Waals surface area contributed by atoms with Crippen molar-refractivity contribution in [2.24, 2.45) is 13.0 Å². The Balaban J connectivity index is 1.81. The van der Waals surface area contributed by atoms with Crippen LogP contribution in [0.3, 0.4) is 0 Å². The minimum absolute atomic E-state index is 0.160. The van der Waals surface area contributed by atoms with Crippen LogP contribution in [0.5, 0.6) is 0 Å². The Morgan fingerprint density at radius 1 is 0.963 bits per heavy atom. The first-order valence-electron chi connectivity index (χ1n) is 9.11. The molecule has 0 aliphatic heterocycles. The number of carbonyl (C=O) groups is 1. The third-order valence-electron chi connectivity index (χ3n) is 4.69. The Bertz CT molecular complexity index is 899. The number of ether oxygens (including phenoxy) is 1. The zero-order chi connectivity index (χ0) is 19.4. The highest BCUT2D eigenvalue weighted by Gasteiger charge is 2.17. The molecule has 5 nitrogen and oxygen atoms in total. The predicted octanol–water partition coefficient (Wildman–Crippen LogP) is 5.35. The number of rotatable bonds is 5. The molecule has 1 atom stereocenters. The second-order valence-electron chi connectivity index (χ2n) is 6.95. The summed E-state index contributed by atoms with van der Waals surface area (Å²) < 4.78 is 7.06. The number of amides is 1. The van der Waals surface area contributed by atoms with Crippen LogP contribution in [-0.4, -0.2) is 22.0 Å². The van der Waals surface area contributed by atoms with Gasteiger partial charge in [-0.05, 0) is 29.5 Å². The van der Waals surface area contributed by atoms with E-state index in [0.29, 0.717) is 5.82 Å². The van der Waals surface area contributed by atoms with Crippen molar-refractivity contribution in [3.63, 3.8) is 0 Å². The summed E-state index contributed by atoms with van der Waals surface area (Å²) in [4.78, 5) is 12.2. The van der Waals surface area contributed by atoms with Crippen LogP contribution in [0.1, 0.15) is 20.8 Å². The third-order valence-corrected chi connectivity index (χ3v) is 4.69. The fourth-order valence-electron chi connectivity index (χ4n) is 2.70. The Hall–Kier alpha value is -3.08. The first kappa shape index (κ1) is 18.7. The molecule has 3 aromatic rings. The molecule has 0 radical (unpaired) electrons. The van der Waals surface area contributed by atoms with Gasteiger partial charge in [0.2, 0.25) is 0 Å². The van der Waals surface area contributed by atoms with Gasteiger partial charge in [0.1, 0.15) is 11.9 Å². The smallest absolute Gasteiger partial charge is 0.413 e. The van der Waals surface area contributed by atoms with Gasteiger partial charge in [0, 0.05) is 12.6 Å². The standard InChI is InChI=1S/C22H25N3O2/c1-15(2)16(3)27-22(26)24-21-20(14-23-25(21)4)19-12-10-18(11-13-19)17-8-6-5-7-9-17/h5-16H,1-4H3,(H,24,26). The first-order chi connectivity index (χ1) is 13.0. The molecule has 3 rings (SSSR count). The second kappa shape index (κ2) is 8.08. The molecular weight excluding hydrogens is 338 g/mol. The highest BCUT2D eigenvalue weighted by Crippen LogP contribution is 2.30. The number of carbonyl (C=O) groups excluding carboxylic acids is 1. The van der Waals surface area contributed by atoms with Gasteiger partial charge in [0.15, 0.2) is 0 Å². The van der Waals surface area contributed by atoms with E-state index in [4.69, 9.17) is 4.74 Å². The van der Waals surface area contributed by atoms with E-state index in [1.807, 2.05) is 51.1 Å². The number of hydrogen-bond acceptors (Lipinski definition) is 3. The van der Waals surface area contributed by atoms with E-state index in [1.165, 1.54) is 5.56 Å². The number of benzene rings is 2. The third kappa shape index (κ3) is 4.37. The van der Waals surface area contributed by atoms with Gasteiger partial charge in [-0.15, -0.1) is 0 Å². The number of aryl methyl sites for hydroxylation is 1. The molecule has 0 spiro atoms. The summed E-state index contributed by atoms with van der Waals surface area (Å²) in [6.45, 7) is 5.92. The summed E-state index contributed by atoms with van der Waals surface area (Å²) >= 11 is 0. The van der Waals surface area contributed by atoms with Crippen LogP contribution in [0.2, 0.25) is 0 Å². The first-order valence-corrected chi connectivity index (χ1v) is 9.11. The molecule has 0 saturated heterocycles. The fourth-order valence-corrected chi connectivity index (χ4v) is 2.70. The van der Waals surface area contributed by atoms with E-state index in [2.05, 4.69) is 34.7 Å². The van der Waals surface area contributed by atoms with E-state index in [9.17, 15) is 4.79 Å². The molecule has 2 aromatic carbocycles. The average molecular weight is 363 g/mol. The lowest BCUT2D eigenvalue weighted by molar-refractivity contribution is 0.0939. The van der Waals surface area contributed by atoms with E-state index in [1.54, 1.807) is 17.9 Å². The zero-order valence-electron chi connectivity index (χ0n) is 16.1. The van der Waals surface area contributed by atoms with E-state index in [-0.39, 0.29) is 12.0 Å². The molecule has 1 N–H and O–H groups in total. The minimum Gasteiger partial charge on any atom is -0.446 e. The highest BCUT2D eigenvalue weighted by atomic mass is 16.6. The van der Waals surface area contributed by atoms with Crippen LogP contribution in [0.15, 0.2) is 60.8 Å². The Labute approximate surface area is 160 Å². The summed E-state index contributed by atoms with van der Waals surface area (Å²) in [5, 5.41) is 7.12. The van der Waals surface area contributed by atoms with Gasteiger partial charge >= 0.3 is 6.09 Å². The molecule has 0 aliphatic rings. The lowest BCUT2D eigenvalue weighted by Crippen LogP contribution is -2.25. The van der Waals surface area contributed by atoms with Gasteiger partial charge in [-0.25, -0.2) is 4.79 Å². The van der Waals surface area contributed by atoms with E-state index < -0.39 is 6.09 Å². The van der Waals surface area contributed by atoms with Crippen molar-refractivity contribution in [2.75, 3.05) is 5.32 Å². The zero-order valence-corrected chi connectivity index (χ0v) is 16.1. The number of nitrogens with zero attached hydrogens (tertiary/aromatic N) is 2. The fraction of sp³-hybridized carbons (Fsp3) is 0.273. The lowest BCUT2D eigenvalue weighted by Gasteiger charge is -2.17. The highest BCUT2D eigenvalue weighted by molar-refractivity contribution is 5.90. The number of anilines is 1. The molecule has 0 fully saturated rings. The average Bonchev–Trinajstić information content (AvgIpc) is 3.03. The van der Waals surface area contributed by atoms with E-state index >= 15 is 0 Å². The lowest BCUT2D eigenvalue weighted by atomic mass is 10.0. The van der Waals surface area contributed by atoms with Gasteiger partial charge in [-0.2, -0.15) is 5.10 Å². The maximum atomic E-state index is 12.2.